The smallest absolute Gasteiger partial charge is 0.317 e. The maximum Gasteiger partial charge on any atom is 0.317 e. The third-order valence-electron chi connectivity index (χ3n) is 4.73. The normalized spacial score (nSPS) is 30.9. The van der Waals surface area contributed by atoms with Crippen LogP contribution < -0.4 is 5.32 Å². The van der Waals surface area contributed by atoms with Crippen molar-refractivity contribution in [2.45, 2.75) is 32.6 Å². The molecule has 0 spiro atoms. The number of hydrogen-bond acceptors (Lipinski definition) is 3. The van der Waals surface area contributed by atoms with Crippen LogP contribution in [0.5, 0.6) is 0 Å². The Bertz CT molecular complexity index is 423. The summed E-state index contributed by atoms with van der Waals surface area (Å²) in [6.45, 7) is 3.29. The van der Waals surface area contributed by atoms with Gasteiger partial charge in [-0.3, -0.25) is 9.00 Å². The number of rotatable bonds is 3. The third-order valence-corrected chi connectivity index (χ3v) is 6.00. The van der Waals surface area contributed by atoms with E-state index in [-0.39, 0.29) is 12.6 Å². The van der Waals surface area contributed by atoms with Crippen molar-refractivity contribution in [3.05, 3.63) is 0 Å². The first kappa shape index (κ1) is 16.3. The van der Waals surface area contributed by atoms with Crippen molar-refractivity contribution in [3.8, 4) is 0 Å². The van der Waals surface area contributed by atoms with Crippen molar-refractivity contribution in [2.24, 2.45) is 11.3 Å². The van der Waals surface area contributed by atoms with Crippen LogP contribution in [0.4, 0.5) is 4.79 Å². The zero-order chi connectivity index (χ0) is 15.5. The highest BCUT2D eigenvalue weighted by Crippen LogP contribution is 2.38. The Balaban J connectivity index is 1.88. The molecule has 6 nitrogen and oxygen atoms in total. The number of nitrogens with one attached hydrogen (secondary N) is 1. The molecule has 1 saturated heterocycles. The van der Waals surface area contributed by atoms with Crippen LogP contribution in [-0.2, 0) is 15.6 Å². The number of aliphatic carboxylic acids is 1. The Morgan fingerprint density at radius 1 is 1.29 bits per heavy atom. The second-order valence-corrected chi connectivity index (χ2v) is 7.96. The Morgan fingerprint density at radius 3 is 2.38 bits per heavy atom. The fraction of sp³-hybridized carbons (Fsp3) is 0.857. The van der Waals surface area contributed by atoms with Crippen molar-refractivity contribution in [1.29, 1.82) is 0 Å². The van der Waals surface area contributed by atoms with Gasteiger partial charge in [0.1, 0.15) is 0 Å². The lowest BCUT2D eigenvalue weighted by atomic mass is 9.71. The van der Waals surface area contributed by atoms with Gasteiger partial charge in [0.05, 0.1) is 5.41 Å². The van der Waals surface area contributed by atoms with E-state index in [1.807, 2.05) is 0 Å². The lowest BCUT2D eigenvalue weighted by Crippen LogP contribution is -2.51. The summed E-state index contributed by atoms with van der Waals surface area (Å²) in [6, 6.07) is -0.231. The lowest BCUT2D eigenvalue weighted by Gasteiger charge is -2.36. The van der Waals surface area contributed by atoms with E-state index < -0.39 is 22.2 Å². The molecule has 0 aromatic rings. The van der Waals surface area contributed by atoms with Gasteiger partial charge in [-0.25, -0.2) is 4.79 Å². The fourth-order valence-corrected chi connectivity index (χ4v) is 4.03. The van der Waals surface area contributed by atoms with Crippen LogP contribution in [-0.4, -0.2) is 57.4 Å². The molecule has 120 valence electrons. The number of carboxylic acids is 1. The highest BCUT2D eigenvalue weighted by atomic mass is 32.2. The van der Waals surface area contributed by atoms with Gasteiger partial charge in [-0.15, -0.1) is 0 Å². The Labute approximate surface area is 127 Å². The van der Waals surface area contributed by atoms with Crippen LogP contribution in [0.1, 0.15) is 32.6 Å². The quantitative estimate of drug-likeness (QED) is 0.814. The first-order valence-corrected chi connectivity index (χ1v) is 9.03. The molecule has 2 fully saturated rings. The maximum atomic E-state index is 12.1. The number of carbonyl (C=O) groups excluding carboxylic acids is 1. The average Bonchev–Trinajstić information content (AvgIpc) is 2.47. The number of amides is 2. The van der Waals surface area contributed by atoms with Gasteiger partial charge >= 0.3 is 12.0 Å². The first-order valence-electron chi connectivity index (χ1n) is 7.54. The molecule has 0 radical (unpaired) electrons. The molecule has 7 heteroatoms. The molecule has 21 heavy (non-hydrogen) atoms. The van der Waals surface area contributed by atoms with E-state index in [1.165, 1.54) is 0 Å². The van der Waals surface area contributed by atoms with Crippen molar-refractivity contribution in [3.63, 3.8) is 0 Å². The average molecular weight is 316 g/mol. The molecule has 1 heterocycles. The number of nitrogens with zero attached hydrogens (tertiary/aromatic N) is 1. The molecule has 1 saturated carbocycles. The van der Waals surface area contributed by atoms with Gasteiger partial charge in [0, 0.05) is 41.9 Å². The molecule has 2 N–H and O–H groups in total. The summed E-state index contributed by atoms with van der Waals surface area (Å²) >= 11 is 0. The second kappa shape index (κ2) is 6.77. The minimum Gasteiger partial charge on any atom is -0.481 e. The Hall–Kier alpha value is -1.11. The number of carbonyl (C=O) groups is 2. The minimum absolute atomic E-state index is 0.188. The molecule has 0 bridgehead atoms. The molecule has 2 rings (SSSR count). The van der Waals surface area contributed by atoms with Crippen LogP contribution in [0.2, 0.25) is 0 Å². The van der Waals surface area contributed by atoms with Crippen LogP contribution in [0.25, 0.3) is 0 Å². The first-order chi connectivity index (χ1) is 9.93. The highest BCUT2D eigenvalue weighted by Gasteiger charge is 2.41. The molecule has 0 unspecified atom stereocenters. The molecule has 2 amide bonds. The van der Waals surface area contributed by atoms with Gasteiger partial charge in [0.15, 0.2) is 0 Å². The molecule has 1 aliphatic heterocycles. The van der Waals surface area contributed by atoms with Gasteiger partial charge in [0.25, 0.3) is 0 Å². The van der Waals surface area contributed by atoms with E-state index in [0.29, 0.717) is 43.4 Å². The fourth-order valence-electron chi connectivity index (χ4n) is 2.98. The number of carboxylic acid groups (broad SMARTS) is 1. The largest absolute Gasteiger partial charge is 0.481 e. The van der Waals surface area contributed by atoms with Crippen molar-refractivity contribution >= 4 is 22.8 Å². The number of urea groups is 1. The monoisotopic (exact) mass is 316 g/mol. The van der Waals surface area contributed by atoms with E-state index in [4.69, 9.17) is 0 Å². The summed E-state index contributed by atoms with van der Waals surface area (Å²) in [6.07, 6.45) is 3.03. The molecule has 0 aromatic carbocycles. The van der Waals surface area contributed by atoms with E-state index in [2.05, 4.69) is 12.2 Å². The summed E-state index contributed by atoms with van der Waals surface area (Å²) in [7, 11) is -0.821. The Kier molecular flexibility index (Phi) is 5.24. The van der Waals surface area contributed by atoms with Crippen LogP contribution in [0.3, 0.4) is 0 Å². The zero-order valence-electron chi connectivity index (χ0n) is 12.5. The van der Waals surface area contributed by atoms with Crippen LogP contribution in [0.15, 0.2) is 0 Å². The molecule has 0 aromatic heterocycles. The number of hydrogen-bond donors (Lipinski definition) is 2. The van der Waals surface area contributed by atoms with Gasteiger partial charge in [-0.05, 0) is 31.6 Å². The van der Waals surface area contributed by atoms with Crippen molar-refractivity contribution in [1.82, 2.24) is 10.2 Å². The van der Waals surface area contributed by atoms with E-state index >= 15 is 0 Å². The highest BCUT2D eigenvalue weighted by molar-refractivity contribution is 7.85. The molecule has 0 atom stereocenters. The minimum atomic E-state index is -0.821. The van der Waals surface area contributed by atoms with E-state index in [9.17, 15) is 18.9 Å². The zero-order valence-corrected chi connectivity index (χ0v) is 13.3. The molecular formula is C14H24N2O4S. The standard InChI is InChI=1S/C14H24N2O4S/c1-11-2-4-14(5-3-11,12(17)18)10-15-13(19)16-6-8-21(20)9-7-16/h11H,2-10H2,1H3,(H,15,19)(H,17,18). The van der Waals surface area contributed by atoms with Crippen LogP contribution >= 0.6 is 0 Å². The molecular weight excluding hydrogens is 292 g/mol. The van der Waals surface area contributed by atoms with E-state index in [1.54, 1.807) is 4.90 Å². The Morgan fingerprint density at radius 2 is 1.86 bits per heavy atom. The van der Waals surface area contributed by atoms with Crippen molar-refractivity contribution < 1.29 is 18.9 Å². The third kappa shape index (κ3) is 3.96. The van der Waals surface area contributed by atoms with E-state index in [0.717, 1.165) is 12.8 Å². The van der Waals surface area contributed by atoms with Gasteiger partial charge < -0.3 is 15.3 Å². The molecule has 1 aliphatic carbocycles. The molecule has 2 aliphatic rings. The SMILES string of the molecule is CC1CCC(CNC(=O)N2CCS(=O)CC2)(C(=O)O)CC1. The maximum absolute atomic E-state index is 12.1. The summed E-state index contributed by atoms with van der Waals surface area (Å²) in [5.41, 5.74) is -0.819. The van der Waals surface area contributed by atoms with Gasteiger partial charge in [0.2, 0.25) is 0 Å². The topological polar surface area (TPSA) is 86.7 Å². The summed E-state index contributed by atoms with van der Waals surface area (Å²) in [5.74, 6) is 0.768. The predicted molar refractivity (Wildman–Crippen MR) is 80.5 cm³/mol. The van der Waals surface area contributed by atoms with Gasteiger partial charge in [-0.1, -0.05) is 6.92 Å². The van der Waals surface area contributed by atoms with Crippen LogP contribution in [0, 0.1) is 11.3 Å². The summed E-state index contributed by atoms with van der Waals surface area (Å²) in [4.78, 5) is 25.3. The second-order valence-electron chi connectivity index (χ2n) is 6.26. The van der Waals surface area contributed by atoms with Crippen molar-refractivity contribution in [2.75, 3.05) is 31.1 Å². The van der Waals surface area contributed by atoms with Gasteiger partial charge in [-0.2, -0.15) is 0 Å². The summed E-state index contributed by atoms with van der Waals surface area (Å²) < 4.78 is 11.3. The lowest BCUT2D eigenvalue weighted by molar-refractivity contribution is -0.151. The summed E-state index contributed by atoms with van der Waals surface area (Å²) in [5, 5.41) is 12.3. The predicted octanol–water partition coefficient (Wildman–Crippen LogP) is 1.04.